The first kappa shape index (κ1) is 14.1. The first-order valence-electron chi connectivity index (χ1n) is 7.58. The summed E-state index contributed by atoms with van der Waals surface area (Å²) in [6, 6.07) is 8.54. The quantitative estimate of drug-likeness (QED) is 0.794. The zero-order chi connectivity index (χ0) is 14.7. The number of morpholine rings is 1. The van der Waals surface area contributed by atoms with Crippen molar-refractivity contribution < 1.29 is 9.53 Å². The van der Waals surface area contributed by atoms with Crippen LogP contribution in [-0.4, -0.2) is 43.7 Å². The summed E-state index contributed by atoms with van der Waals surface area (Å²) in [5.74, 6) is 0.544. The van der Waals surface area contributed by atoms with Gasteiger partial charge in [-0.3, -0.25) is 4.79 Å². The number of likely N-dealkylation sites (tertiary alicyclic amines) is 1. The van der Waals surface area contributed by atoms with Crippen molar-refractivity contribution in [3.05, 3.63) is 42.5 Å². The molecular formula is C17H22N2O2. The Morgan fingerprint density at radius 3 is 2.57 bits per heavy atom. The molecule has 0 spiro atoms. The van der Waals surface area contributed by atoms with Crippen LogP contribution in [0.3, 0.4) is 0 Å². The SMILES string of the molecule is C=CC1CC(=O)N(Cc2ccc(N3CCOCC3)cc2)C1. The lowest BCUT2D eigenvalue weighted by Gasteiger charge is -2.29. The molecule has 2 aliphatic heterocycles. The highest BCUT2D eigenvalue weighted by Crippen LogP contribution is 2.22. The van der Waals surface area contributed by atoms with Gasteiger partial charge in [-0.2, -0.15) is 0 Å². The third-order valence-corrected chi connectivity index (χ3v) is 4.26. The van der Waals surface area contributed by atoms with Gasteiger partial charge in [0.1, 0.15) is 0 Å². The van der Waals surface area contributed by atoms with Crippen molar-refractivity contribution >= 4 is 11.6 Å². The van der Waals surface area contributed by atoms with E-state index in [9.17, 15) is 4.79 Å². The zero-order valence-electron chi connectivity index (χ0n) is 12.3. The predicted molar refractivity (Wildman–Crippen MR) is 83.2 cm³/mol. The van der Waals surface area contributed by atoms with Gasteiger partial charge >= 0.3 is 0 Å². The van der Waals surface area contributed by atoms with E-state index in [2.05, 4.69) is 35.7 Å². The first-order valence-corrected chi connectivity index (χ1v) is 7.58. The van der Waals surface area contributed by atoms with Crippen molar-refractivity contribution in [2.24, 2.45) is 5.92 Å². The van der Waals surface area contributed by atoms with Gasteiger partial charge in [-0.05, 0) is 17.7 Å². The van der Waals surface area contributed by atoms with Crippen LogP contribution in [0.2, 0.25) is 0 Å². The van der Waals surface area contributed by atoms with Crippen molar-refractivity contribution in [2.45, 2.75) is 13.0 Å². The lowest BCUT2D eigenvalue weighted by atomic mass is 10.1. The number of nitrogens with zero attached hydrogens (tertiary/aromatic N) is 2. The summed E-state index contributed by atoms with van der Waals surface area (Å²) >= 11 is 0. The highest BCUT2D eigenvalue weighted by molar-refractivity contribution is 5.79. The maximum atomic E-state index is 11.9. The second kappa shape index (κ2) is 6.31. The molecule has 1 aromatic carbocycles. The van der Waals surface area contributed by atoms with E-state index in [-0.39, 0.29) is 5.91 Å². The Labute approximate surface area is 126 Å². The van der Waals surface area contributed by atoms with E-state index in [1.165, 1.54) is 11.3 Å². The topological polar surface area (TPSA) is 32.8 Å². The molecule has 21 heavy (non-hydrogen) atoms. The standard InChI is InChI=1S/C17H22N2O2/c1-2-14-11-17(20)19(12-14)13-15-3-5-16(6-4-15)18-7-9-21-10-8-18/h2-6,14H,1,7-13H2. The molecule has 0 radical (unpaired) electrons. The van der Waals surface area contributed by atoms with Crippen LogP contribution in [0.1, 0.15) is 12.0 Å². The van der Waals surface area contributed by atoms with Gasteiger partial charge in [-0.15, -0.1) is 6.58 Å². The molecule has 0 bridgehead atoms. The Morgan fingerprint density at radius 2 is 1.95 bits per heavy atom. The van der Waals surface area contributed by atoms with Crippen molar-refractivity contribution in [3.63, 3.8) is 0 Å². The van der Waals surface area contributed by atoms with Crippen molar-refractivity contribution in [2.75, 3.05) is 37.7 Å². The molecule has 2 aliphatic rings. The van der Waals surface area contributed by atoms with E-state index < -0.39 is 0 Å². The van der Waals surface area contributed by atoms with E-state index in [0.29, 0.717) is 18.9 Å². The molecule has 0 N–H and O–H groups in total. The summed E-state index contributed by atoms with van der Waals surface area (Å²) in [4.78, 5) is 16.2. The van der Waals surface area contributed by atoms with Crippen LogP contribution in [-0.2, 0) is 16.1 Å². The third kappa shape index (κ3) is 3.27. The monoisotopic (exact) mass is 286 g/mol. The second-order valence-corrected chi connectivity index (χ2v) is 5.74. The number of ether oxygens (including phenoxy) is 1. The Bertz CT molecular complexity index is 506. The average Bonchev–Trinajstić information content (AvgIpc) is 2.89. The van der Waals surface area contributed by atoms with E-state index in [1.54, 1.807) is 0 Å². The Morgan fingerprint density at radius 1 is 1.24 bits per heavy atom. The normalized spacial score (nSPS) is 22.7. The van der Waals surface area contributed by atoms with E-state index in [1.807, 2.05) is 11.0 Å². The zero-order valence-corrected chi connectivity index (χ0v) is 12.3. The Kier molecular flexibility index (Phi) is 4.25. The molecule has 4 nitrogen and oxygen atoms in total. The number of amides is 1. The highest BCUT2D eigenvalue weighted by Gasteiger charge is 2.27. The molecule has 0 saturated carbocycles. The fraction of sp³-hybridized carbons (Fsp3) is 0.471. The minimum absolute atomic E-state index is 0.233. The summed E-state index contributed by atoms with van der Waals surface area (Å²) in [5, 5.41) is 0. The van der Waals surface area contributed by atoms with E-state index >= 15 is 0 Å². The molecule has 1 aromatic rings. The van der Waals surface area contributed by atoms with Gasteiger partial charge < -0.3 is 14.5 Å². The van der Waals surface area contributed by atoms with Gasteiger partial charge in [-0.1, -0.05) is 18.2 Å². The predicted octanol–water partition coefficient (Wildman–Crippen LogP) is 2.06. The summed E-state index contributed by atoms with van der Waals surface area (Å²) in [6.07, 6.45) is 2.49. The molecule has 1 amide bonds. The molecule has 2 saturated heterocycles. The molecule has 0 aromatic heterocycles. The Hall–Kier alpha value is -1.81. The number of hydrogen-bond acceptors (Lipinski definition) is 3. The van der Waals surface area contributed by atoms with Gasteiger partial charge in [0.25, 0.3) is 0 Å². The fourth-order valence-corrected chi connectivity index (χ4v) is 2.97. The lowest BCUT2D eigenvalue weighted by Crippen LogP contribution is -2.36. The summed E-state index contributed by atoms with van der Waals surface area (Å²) in [6.45, 7) is 8.78. The van der Waals surface area contributed by atoms with Crippen LogP contribution in [0, 0.1) is 5.92 Å². The summed E-state index contributed by atoms with van der Waals surface area (Å²) in [7, 11) is 0. The molecule has 1 unspecified atom stereocenters. The van der Waals surface area contributed by atoms with Crippen molar-refractivity contribution in [1.82, 2.24) is 4.90 Å². The van der Waals surface area contributed by atoms with Crippen LogP contribution in [0.4, 0.5) is 5.69 Å². The Balaban J connectivity index is 1.62. The maximum Gasteiger partial charge on any atom is 0.223 e. The van der Waals surface area contributed by atoms with Crippen LogP contribution < -0.4 is 4.90 Å². The number of benzene rings is 1. The van der Waals surface area contributed by atoms with Crippen LogP contribution in [0.25, 0.3) is 0 Å². The van der Waals surface area contributed by atoms with Gasteiger partial charge in [0.15, 0.2) is 0 Å². The number of carbonyl (C=O) groups is 1. The van der Waals surface area contributed by atoms with Gasteiger partial charge in [0, 0.05) is 44.2 Å². The minimum atomic E-state index is 0.233. The van der Waals surface area contributed by atoms with Crippen LogP contribution >= 0.6 is 0 Å². The number of carbonyl (C=O) groups excluding carboxylic acids is 1. The molecule has 4 heteroatoms. The molecule has 2 heterocycles. The average molecular weight is 286 g/mol. The summed E-state index contributed by atoms with van der Waals surface area (Å²) < 4.78 is 5.37. The van der Waals surface area contributed by atoms with E-state index in [0.717, 1.165) is 32.8 Å². The van der Waals surface area contributed by atoms with Crippen LogP contribution in [0.15, 0.2) is 36.9 Å². The lowest BCUT2D eigenvalue weighted by molar-refractivity contribution is -0.128. The second-order valence-electron chi connectivity index (χ2n) is 5.74. The third-order valence-electron chi connectivity index (χ3n) is 4.26. The smallest absolute Gasteiger partial charge is 0.223 e. The van der Waals surface area contributed by atoms with Crippen molar-refractivity contribution in [1.29, 1.82) is 0 Å². The van der Waals surface area contributed by atoms with Gasteiger partial charge in [0.05, 0.1) is 13.2 Å². The molecule has 112 valence electrons. The summed E-state index contributed by atoms with van der Waals surface area (Å²) in [5.41, 5.74) is 2.42. The van der Waals surface area contributed by atoms with Crippen molar-refractivity contribution in [3.8, 4) is 0 Å². The van der Waals surface area contributed by atoms with Crippen LogP contribution in [0.5, 0.6) is 0 Å². The highest BCUT2D eigenvalue weighted by atomic mass is 16.5. The molecule has 2 fully saturated rings. The number of rotatable bonds is 4. The maximum absolute atomic E-state index is 11.9. The minimum Gasteiger partial charge on any atom is -0.378 e. The molecule has 3 rings (SSSR count). The van der Waals surface area contributed by atoms with Gasteiger partial charge in [-0.25, -0.2) is 0 Å². The fourth-order valence-electron chi connectivity index (χ4n) is 2.97. The molecule has 1 atom stereocenters. The van der Waals surface area contributed by atoms with Gasteiger partial charge in [0.2, 0.25) is 5.91 Å². The number of hydrogen-bond donors (Lipinski definition) is 0. The first-order chi connectivity index (χ1) is 10.3. The largest absolute Gasteiger partial charge is 0.378 e. The number of anilines is 1. The molecule has 0 aliphatic carbocycles. The molecular weight excluding hydrogens is 264 g/mol. The van der Waals surface area contributed by atoms with E-state index in [4.69, 9.17) is 4.74 Å².